The maximum absolute atomic E-state index is 13.6. The van der Waals surface area contributed by atoms with E-state index in [-0.39, 0.29) is 12.2 Å². The van der Waals surface area contributed by atoms with Gasteiger partial charge in [0.1, 0.15) is 11.6 Å². The summed E-state index contributed by atoms with van der Waals surface area (Å²) in [6, 6.07) is 2.52. The van der Waals surface area contributed by atoms with E-state index in [4.69, 9.17) is 5.11 Å². The van der Waals surface area contributed by atoms with Gasteiger partial charge < -0.3 is 10.2 Å². The molecule has 16 heavy (non-hydrogen) atoms. The van der Waals surface area contributed by atoms with Crippen LogP contribution in [0.3, 0.4) is 0 Å². The molecule has 0 bridgehead atoms. The van der Waals surface area contributed by atoms with E-state index >= 15 is 0 Å². The molecule has 0 aromatic heterocycles. The Labute approximate surface area is 93.5 Å². The molecule has 88 valence electrons. The quantitative estimate of drug-likeness (QED) is 0.832. The number of hydrogen-bond acceptors (Lipinski definition) is 2. The van der Waals surface area contributed by atoms with Crippen LogP contribution >= 0.6 is 0 Å². The van der Waals surface area contributed by atoms with Crippen molar-refractivity contribution in [3.63, 3.8) is 0 Å². The van der Waals surface area contributed by atoms with Gasteiger partial charge in [0.05, 0.1) is 6.42 Å². The molecular weight excluding hydrogens is 211 g/mol. The summed E-state index contributed by atoms with van der Waals surface area (Å²) in [5.74, 6) is -1.67. The van der Waals surface area contributed by atoms with Gasteiger partial charge in [-0.05, 0) is 24.1 Å². The molecule has 0 spiro atoms. The minimum absolute atomic E-state index is 0.118. The van der Waals surface area contributed by atoms with E-state index in [0.29, 0.717) is 11.1 Å². The van der Waals surface area contributed by atoms with Gasteiger partial charge in [0.2, 0.25) is 0 Å². The predicted octanol–water partition coefficient (Wildman–Crippen LogP) is 2.59. The molecule has 0 amide bonds. The molecular formula is C12H15FO3. The number of aromatic hydroxyl groups is 1. The number of aliphatic carboxylic acids is 1. The fourth-order valence-corrected chi connectivity index (χ4v) is 1.66. The number of carbonyl (C=O) groups is 1. The number of rotatable bonds is 3. The minimum atomic E-state index is -0.977. The number of carboxylic acid groups (broad SMARTS) is 1. The number of aryl methyl sites for hydroxylation is 1. The first-order chi connectivity index (χ1) is 7.24. The fourth-order valence-electron chi connectivity index (χ4n) is 1.66. The Bertz CT molecular complexity index is 425. The Hall–Kier alpha value is -1.58. The second-order valence-electron chi connectivity index (χ2n) is 4.57. The zero-order chi connectivity index (χ0) is 12.5. The molecule has 1 aromatic rings. The fraction of sp³-hybridized carbons (Fsp3) is 0.417. The normalized spacial score (nSPS) is 11.5. The molecule has 0 aliphatic carbocycles. The van der Waals surface area contributed by atoms with Gasteiger partial charge in [0, 0.05) is 11.5 Å². The van der Waals surface area contributed by atoms with E-state index in [1.165, 1.54) is 6.07 Å². The summed E-state index contributed by atoms with van der Waals surface area (Å²) >= 11 is 0. The number of phenols is 1. The molecule has 4 heteroatoms. The molecule has 1 rings (SSSR count). The van der Waals surface area contributed by atoms with Crippen LogP contribution in [-0.2, 0) is 10.2 Å². The summed E-state index contributed by atoms with van der Waals surface area (Å²) in [6.07, 6.45) is -0.159. The monoisotopic (exact) mass is 226 g/mol. The number of benzene rings is 1. The summed E-state index contributed by atoms with van der Waals surface area (Å²) in [5, 5.41) is 18.1. The van der Waals surface area contributed by atoms with Crippen LogP contribution in [0.1, 0.15) is 31.4 Å². The Kier molecular flexibility index (Phi) is 3.21. The van der Waals surface area contributed by atoms with Crippen LogP contribution in [-0.4, -0.2) is 16.2 Å². The van der Waals surface area contributed by atoms with E-state index in [0.717, 1.165) is 6.07 Å². The van der Waals surface area contributed by atoms with Crippen LogP contribution < -0.4 is 0 Å². The summed E-state index contributed by atoms with van der Waals surface area (Å²) < 4.78 is 13.6. The van der Waals surface area contributed by atoms with Crippen LogP contribution in [0.2, 0.25) is 0 Å². The molecule has 0 atom stereocenters. The van der Waals surface area contributed by atoms with Crippen molar-refractivity contribution in [3.05, 3.63) is 29.1 Å². The number of halogens is 1. The van der Waals surface area contributed by atoms with Gasteiger partial charge in [0.25, 0.3) is 0 Å². The van der Waals surface area contributed by atoms with Crippen LogP contribution in [0, 0.1) is 12.7 Å². The highest BCUT2D eigenvalue weighted by Crippen LogP contribution is 2.32. The molecule has 0 unspecified atom stereocenters. The third-order valence-electron chi connectivity index (χ3n) is 2.61. The summed E-state index contributed by atoms with van der Waals surface area (Å²) in [7, 11) is 0. The second-order valence-corrected chi connectivity index (χ2v) is 4.57. The zero-order valence-corrected chi connectivity index (χ0v) is 9.54. The highest BCUT2D eigenvalue weighted by molar-refractivity contribution is 5.69. The average molecular weight is 226 g/mol. The highest BCUT2D eigenvalue weighted by atomic mass is 19.1. The zero-order valence-electron chi connectivity index (χ0n) is 9.54. The topological polar surface area (TPSA) is 57.5 Å². The first-order valence-corrected chi connectivity index (χ1v) is 4.95. The Morgan fingerprint density at radius 3 is 2.50 bits per heavy atom. The lowest BCUT2D eigenvalue weighted by Crippen LogP contribution is -2.23. The van der Waals surface area contributed by atoms with Gasteiger partial charge in [-0.1, -0.05) is 13.8 Å². The van der Waals surface area contributed by atoms with Crippen molar-refractivity contribution in [2.45, 2.75) is 32.6 Å². The highest BCUT2D eigenvalue weighted by Gasteiger charge is 2.27. The lowest BCUT2D eigenvalue weighted by atomic mass is 9.80. The van der Waals surface area contributed by atoms with Gasteiger partial charge in [-0.15, -0.1) is 0 Å². The number of phenolic OH excluding ortho intramolecular Hbond substituents is 1. The molecule has 0 fully saturated rings. The molecule has 0 saturated heterocycles. The Morgan fingerprint density at radius 2 is 2.00 bits per heavy atom. The van der Waals surface area contributed by atoms with E-state index in [1.807, 2.05) is 0 Å². The summed E-state index contributed by atoms with van der Waals surface area (Å²) in [4.78, 5) is 10.7. The van der Waals surface area contributed by atoms with Crippen LogP contribution in [0.4, 0.5) is 4.39 Å². The largest absolute Gasteiger partial charge is 0.508 e. The smallest absolute Gasteiger partial charge is 0.304 e. The molecule has 0 heterocycles. The van der Waals surface area contributed by atoms with Crippen molar-refractivity contribution in [1.29, 1.82) is 0 Å². The van der Waals surface area contributed by atoms with E-state index < -0.39 is 17.2 Å². The van der Waals surface area contributed by atoms with Gasteiger partial charge in [-0.3, -0.25) is 4.79 Å². The first-order valence-electron chi connectivity index (χ1n) is 4.95. The predicted molar refractivity (Wildman–Crippen MR) is 58.1 cm³/mol. The van der Waals surface area contributed by atoms with Gasteiger partial charge >= 0.3 is 5.97 Å². The van der Waals surface area contributed by atoms with Gasteiger partial charge in [-0.25, -0.2) is 4.39 Å². The number of carboxylic acids is 1. The first kappa shape index (κ1) is 12.5. The van der Waals surface area contributed by atoms with Crippen molar-refractivity contribution in [2.75, 3.05) is 0 Å². The van der Waals surface area contributed by atoms with Crippen molar-refractivity contribution >= 4 is 5.97 Å². The van der Waals surface area contributed by atoms with Crippen molar-refractivity contribution in [2.24, 2.45) is 0 Å². The SMILES string of the molecule is Cc1cc(C(C)(C)CC(=O)O)c(F)cc1O. The van der Waals surface area contributed by atoms with Crippen molar-refractivity contribution in [1.82, 2.24) is 0 Å². The van der Waals surface area contributed by atoms with E-state index in [9.17, 15) is 14.3 Å². The van der Waals surface area contributed by atoms with Crippen molar-refractivity contribution in [3.8, 4) is 5.75 Å². The second kappa shape index (κ2) is 4.12. The van der Waals surface area contributed by atoms with Gasteiger partial charge in [-0.2, -0.15) is 0 Å². The van der Waals surface area contributed by atoms with E-state index in [1.54, 1.807) is 20.8 Å². The maximum Gasteiger partial charge on any atom is 0.304 e. The molecule has 0 aliphatic heterocycles. The Balaban J connectivity index is 3.22. The molecule has 2 N–H and O–H groups in total. The Morgan fingerprint density at radius 1 is 1.44 bits per heavy atom. The molecule has 0 radical (unpaired) electrons. The lowest BCUT2D eigenvalue weighted by Gasteiger charge is -2.24. The summed E-state index contributed by atoms with van der Waals surface area (Å²) in [6.45, 7) is 4.97. The third kappa shape index (κ3) is 2.51. The summed E-state index contributed by atoms with van der Waals surface area (Å²) in [5.41, 5.74) is 0.0500. The molecule has 0 saturated carbocycles. The number of hydrogen-bond donors (Lipinski definition) is 2. The molecule has 0 aliphatic rings. The van der Waals surface area contributed by atoms with Crippen LogP contribution in [0.25, 0.3) is 0 Å². The standard InChI is InChI=1S/C12H15FO3/c1-7-4-8(9(13)5-10(7)14)12(2,3)6-11(15)16/h4-5,14H,6H2,1-3H3,(H,15,16). The maximum atomic E-state index is 13.6. The minimum Gasteiger partial charge on any atom is -0.508 e. The lowest BCUT2D eigenvalue weighted by molar-refractivity contribution is -0.138. The third-order valence-corrected chi connectivity index (χ3v) is 2.61. The molecule has 1 aromatic carbocycles. The van der Waals surface area contributed by atoms with Crippen LogP contribution in [0.15, 0.2) is 12.1 Å². The van der Waals surface area contributed by atoms with Crippen LogP contribution in [0.5, 0.6) is 5.75 Å². The molecule has 3 nitrogen and oxygen atoms in total. The average Bonchev–Trinajstić information content (AvgIpc) is 2.08. The van der Waals surface area contributed by atoms with E-state index in [2.05, 4.69) is 0 Å². The van der Waals surface area contributed by atoms with Gasteiger partial charge in [0.15, 0.2) is 0 Å². The van der Waals surface area contributed by atoms with Crippen molar-refractivity contribution < 1.29 is 19.4 Å².